The molecule has 0 spiro atoms. The van der Waals surface area contributed by atoms with E-state index in [0.717, 1.165) is 5.52 Å². The largest absolute Gasteiger partial charge is 0.354 e. The molecule has 0 aliphatic heterocycles. The molecule has 1 N–H and O–H groups in total. The van der Waals surface area contributed by atoms with Gasteiger partial charge in [0, 0.05) is 21.8 Å². The Hall–Kier alpha value is -5.92. The second kappa shape index (κ2) is 9.29. The topological polar surface area (TPSA) is 15.8 Å². The maximum atomic E-state index is 3.69. The average molecular weight is 570 g/mol. The summed E-state index contributed by atoms with van der Waals surface area (Å²) in [5.74, 6) is 0. The minimum Gasteiger partial charge on any atom is -0.354 e. The summed E-state index contributed by atoms with van der Waals surface area (Å²) in [5, 5.41) is 15.3. The number of rotatable bonds is 2. The van der Waals surface area contributed by atoms with Crippen LogP contribution in [0.5, 0.6) is 0 Å². The summed E-state index contributed by atoms with van der Waals surface area (Å²) < 4.78 is 0. The molecule has 1 heteroatoms. The van der Waals surface area contributed by atoms with Crippen molar-refractivity contribution >= 4 is 75.7 Å². The van der Waals surface area contributed by atoms with Crippen LogP contribution in [0, 0.1) is 0 Å². The van der Waals surface area contributed by atoms with Crippen molar-refractivity contribution < 1.29 is 0 Å². The minimum atomic E-state index is 1.16. The van der Waals surface area contributed by atoms with Gasteiger partial charge in [-0.1, -0.05) is 127 Å². The molecule has 1 nitrogen and oxygen atoms in total. The van der Waals surface area contributed by atoms with Gasteiger partial charge in [-0.2, -0.15) is 0 Å². The molecule has 208 valence electrons. The van der Waals surface area contributed by atoms with Gasteiger partial charge in [-0.05, 0) is 106 Å². The van der Waals surface area contributed by atoms with E-state index in [1.54, 1.807) is 0 Å². The van der Waals surface area contributed by atoms with Gasteiger partial charge >= 0.3 is 0 Å². The Morgan fingerprint density at radius 2 is 0.800 bits per heavy atom. The zero-order chi connectivity index (χ0) is 29.5. The quantitative estimate of drug-likeness (QED) is 0.157. The normalized spacial score (nSPS) is 12.0. The van der Waals surface area contributed by atoms with Crippen molar-refractivity contribution in [1.29, 1.82) is 0 Å². The van der Waals surface area contributed by atoms with E-state index >= 15 is 0 Å². The standard InChI is InChI=1S/C44H27N/c1-2-12-28-26-42-39(23-27(28)11-1)38-25-30(21-22-41(38)45-42)43-34-17-7-9-19-36(34)44(37-20-10-8-18-35(37)43)40-24-29-13-3-4-14-31(29)32-15-5-6-16-33(32)40/h1-26,45H. The maximum absolute atomic E-state index is 3.69. The van der Waals surface area contributed by atoms with Crippen molar-refractivity contribution in [3.63, 3.8) is 0 Å². The number of benzene rings is 9. The number of nitrogens with one attached hydrogen (secondary N) is 1. The lowest BCUT2D eigenvalue weighted by Crippen LogP contribution is -1.92. The van der Waals surface area contributed by atoms with E-state index in [0.29, 0.717) is 0 Å². The van der Waals surface area contributed by atoms with Crippen molar-refractivity contribution in [2.45, 2.75) is 0 Å². The van der Waals surface area contributed by atoms with Crippen LogP contribution in [0.2, 0.25) is 0 Å². The number of H-pyrrole nitrogens is 1. The van der Waals surface area contributed by atoms with Gasteiger partial charge in [0.2, 0.25) is 0 Å². The lowest BCUT2D eigenvalue weighted by molar-refractivity contribution is 1.55. The molecule has 0 radical (unpaired) electrons. The molecule has 0 unspecified atom stereocenters. The van der Waals surface area contributed by atoms with Crippen molar-refractivity contribution in [2.75, 3.05) is 0 Å². The third kappa shape index (κ3) is 3.56. The Morgan fingerprint density at radius 3 is 1.49 bits per heavy atom. The first-order chi connectivity index (χ1) is 22.3. The summed E-state index contributed by atoms with van der Waals surface area (Å²) in [6, 6.07) is 58.1. The Morgan fingerprint density at radius 1 is 0.289 bits per heavy atom. The molecule has 0 bridgehead atoms. The van der Waals surface area contributed by atoms with Gasteiger partial charge in [0.1, 0.15) is 0 Å². The lowest BCUT2D eigenvalue weighted by Gasteiger charge is -2.19. The molecule has 0 saturated heterocycles. The summed E-state index contributed by atoms with van der Waals surface area (Å²) in [7, 11) is 0. The van der Waals surface area contributed by atoms with Crippen molar-refractivity contribution in [1.82, 2.24) is 4.98 Å². The monoisotopic (exact) mass is 569 g/mol. The first-order valence-electron chi connectivity index (χ1n) is 15.6. The molecule has 0 amide bonds. The molecule has 10 rings (SSSR count). The molecule has 9 aromatic carbocycles. The fraction of sp³-hybridized carbons (Fsp3) is 0. The highest BCUT2D eigenvalue weighted by Gasteiger charge is 2.19. The predicted octanol–water partition coefficient (Wildman–Crippen LogP) is 12.4. The number of hydrogen-bond donors (Lipinski definition) is 1. The fourth-order valence-corrected chi connectivity index (χ4v) is 7.73. The molecule has 0 fully saturated rings. The molecular formula is C44H27N. The summed E-state index contributed by atoms with van der Waals surface area (Å²) in [6.45, 7) is 0. The highest BCUT2D eigenvalue weighted by Crippen LogP contribution is 2.47. The highest BCUT2D eigenvalue weighted by molar-refractivity contribution is 6.26. The van der Waals surface area contributed by atoms with Gasteiger partial charge in [0.05, 0.1) is 0 Å². The van der Waals surface area contributed by atoms with Crippen LogP contribution in [0.3, 0.4) is 0 Å². The van der Waals surface area contributed by atoms with Gasteiger partial charge < -0.3 is 4.98 Å². The summed E-state index contributed by atoms with van der Waals surface area (Å²) in [4.78, 5) is 3.69. The molecule has 45 heavy (non-hydrogen) atoms. The first kappa shape index (κ1) is 24.5. The van der Waals surface area contributed by atoms with Crippen LogP contribution in [0.1, 0.15) is 0 Å². The van der Waals surface area contributed by atoms with Crippen molar-refractivity contribution in [2.24, 2.45) is 0 Å². The molecule has 0 atom stereocenters. The fourth-order valence-electron chi connectivity index (χ4n) is 7.73. The van der Waals surface area contributed by atoms with Gasteiger partial charge in [-0.25, -0.2) is 0 Å². The van der Waals surface area contributed by atoms with Gasteiger partial charge in [-0.15, -0.1) is 0 Å². The molecular weight excluding hydrogens is 542 g/mol. The Labute approximate surface area is 260 Å². The zero-order valence-electron chi connectivity index (χ0n) is 24.5. The van der Waals surface area contributed by atoms with E-state index in [2.05, 4.69) is 163 Å². The second-order valence-corrected chi connectivity index (χ2v) is 12.2. The highest BCUT2D eigenvalue weighted by atomic mass is 14.7. The van der Waals surface area contributed by atoms with E-state index in [9.17, 15) is 0 Å². The number of aromatic amines is 1. The third-order valence-corrected chi connectivity index (χ3v) is 9.72. The van der Waals surface area contributed by atoms with Crippen LogP contribution in [0.15, 0.2) is 158 Å². The van der Waals surface area contributed by atoms with Crippen LogP contribution in [-0.2, 0) is 0 Å². The molecule has 1 heterocycles. The van der Waals surface area contributed by atoms with Crippen molar-refractivity contribution in [3.8, 4) is 22.3 Å². The van der Waals surface area contributed by atoms with E-state index in [1.165, 1.54) is 92.4 Å². The molecule has 1 aromatic heterocycles. The summed E-state index contributed by atoms with van der Waals surface area (Å²) >= 11 is 0. The number of hydrogen-bond acceptors (Lipinski definition) is 0. The summed E-state index contributed by atoms with van der Waals surface area (Å²) in [5.41, 5.74) is 7.44. The van der Waals surface area contributed by atoms with Gasteiger partial charge in [0.25, 0.3) is 0 Å². The second-order valence-electron chi connectivity index (χ2n) is 12.2. The van der Waals surface area contributed by atoms with Crippen molar-refractivity contribution in [3.05, 3.63) is 158 Å². The van der Waals surface area contributed by atoms with Crippen LogP contribution < -0.4 is 0 Å². The summed E-state index contributed by atoms with van der Waals surface area (Å²) in [6.07, 6.45) is 0. The lowest BCUT2D eigenvalue weighted by atomic mass is 9.83. The van der Waals surface area contributed by atoms with E-state index < -0.39 is 0 Å². The predicted molar refractivity (Wildman–Crippen MR) is 194 cm³/mol. The number of aromatic nitrogens is 1. The molecule has 10 aromatic rings. The Balaban J connectivity index is 1.32. The van der Waals surface area contributed by atoms with Gasteiger partial charge in [0.15, 0.2) is 0 Å². The molecule has 0 aliphatic carbocycles. The Kier molecular flexibility index (Phi) is 5.06. The van der Waals surface area contributed by atoms with Crippen LogP contribution in [-0.4, -0.2) is 4.98 Å². The van der Waals surface area contributed by atoms with Crippen LogP contribution >= 0.6 is 0 Å². The third-order valence-electron chi connectivity index (χ3n) is 9.72. The van der Waals surface area contributed by atoms with Crippen LogP contribution in [0.4, 0.5) is 0 Å². The Bertz CT molecular complexity index is 2760. The minimum absolute atomic E-state index is 1.16. The maximum Gasteiger partial charge on any atom is 0.0471 e. The van der Waals surface area contributed by atoms with E-state index in [1.807, 2.05) is 0 Å². The van der Waals surface area contributed by atoms with E-state index in [-0.39, 0.29) is 0 Å². The number of fused-ring (bicyclic) bond motifs is 9. The zero-order valence-corrected chi connectivity index (χ0v) is 24.5. The molecule has 0 aliphatic rings. The van der Waals surface area contributed by atoms with Gasteiger partial charge in [-0.3, -0.25) is 0 Å². The van der Waals surface area contributed by atoms with Crippen LogP contribution in [0.25, 0.3) is 97.9 Å². The SMILES string of the molecule is c1ccc2cc3c(cc2c1)[nH]c1ccc(-c2c4ccccc4c(-c4cc5ccccc5c5ccccc45)c4ccccc24)cc13. The molecule has 0 saturated carbocycles. The van der Waals surface area contributed by atoms with E-state index in [4.69, 9.17) is 0 Å². The smallest absolute Gasteiger partial charge is 0.0471 e. The average Bonchev–Trinajstić information content (AvgIpc) is 3.45. The first-order valence-corrected chi connectivity index (χ1v) is 15.6.